The predicted molar refractivity (Wildman–Crippen MR) is 74.5 cm³/mol. The molecule has 0 atom stereocenters. The summed E-state index contributed by atoms with van der Waals surface area (Å²) in [6.45, 7) is 6.00. The Kier molecular flexibility index (Phi) is 3.23. The van der Waals surface area contributed by atoms with Crippen LogP contribution in [0.2, 0.25) is 0 Å². The highest BCUT2D eigenvalue weighted by Gasteiger charge is 2.21. The molecule has 0 amide bonds. The molecule has 0 bridgehead atoms. The lowest BCUT2D eigenvalue weighted by Gasteiger charge is -2.22. The number of hydrogen-bond acceptors (Lipinski definition) is 4. The molecule has 2 aromatic rings. The van der Waals surface area contributed by atoms with E-state index in [4.69, 9.17) is 12.2 Å². The zero-order valence-corrected chi connectivity index (χ0v) is 11.7. The van der Waals surface area contributed by atoms with Crippen LogP contribution in [0.4, 0.5) is 5.69 Å². The van der Waals surface area contributed by atoms with Crippen LogP contribution in [-0.2, 0) is 5.54 Å². The molecular formula is C12H14N4O2S. The van der Waals surface area contributed by atoms with Crippen LogP contribution in [0.1, 0.15) is 20.8 Å². The van der Waals surface area contributed by atoms with Crippen molar-refractivity contribution in [1.29, 1.82) is 0 Å². The Morgan fingerprint density at radius 2 is 2.11 bits per heavy atom. The molecule has 0 radical (unpaired) electrons. The highest BCUT2D eigenvalue weighted by Crippen LogP contribution is 2.26. The first-order valence-electron chi connectivity index (χ1n) is 5.73. The fourth-order valence-electron chi connectivity index (χ4n) is 1.87. The van der Waals surface area contributed by atoms with Crippen molar-refractivity contribution in [3.05, 3.63) is 39.2 Å². The van der Waals surface area contributed by atoms with Crippen molar-refractivity contribution in [3.8, 4) is 11.4 Å². The van der Waals surface area contributed by atoms with Crippen molar-refractivity contribution in [3.63, 3.8) is 0 Å². The second-order valence-electron chi connectivity index (χ2n) is 5.17. The number of non-ortho nitro benzene ring substituents is 1. The maximum atomic E-state index is 10.8. The van der Waals surface area contributed by atoms with Gasteiger partial charge in [0.05, 0.1) is 4.92 Å². The Balaban J connectivity index is 2.64. The number of H-pyrrole nitrogens is 1. The van der Waals surface area contributed by atoms with Crippen molar-refractivity contribution in [2.24, 2.45) is 0 Å². The zero-order valence-electron chi connectivity index (χ0n) is 10.9. The number of nitrogens with one attached hydrogen (secondary N) is 1. The van der Waals surface area contributed by atoms with Crippen LogP contribution in [0.15, 0.2) is 24.3 Å². The summed E-state index contributed by atoms with van der Waals surface area (Å²) in [5.74, 6) is 0.598. The first kappa shape index (κ1) is 13.4. The molecule has 2 rings (SSSR count). The fraction of sp³-hybridized carbons (Fsp3) is 0.333. The van der Waals surface area contributed by atoms with Gasteiger partial charge in [0.2, 0.25) is 0 Å². The second kappa shape index (κ2) is 4.58. The normalized spacial score (nSPS) is 11.5. The van der Waals surface area contributed by atoms with Gasteiger partial charge in [-0.15, -0.1) is 0 Å². The van der Waals surface area contributed by atoms with Crippen molar-refractivity contribution in [2.75, 3.05) is 0 Å². The SMILES string of the molecule is CC(C)(C)n1c(-c2cccc([N+](=O)[O-])c2)n[nH]c1=S. The number of aromatic amines is 1. The third-order valence-corrected chi connectivity index (χ3v) is 2.93. The van der Waals surface area contributed by atoms with Crippen LogP contribution in [0.3, 0.4) is 0 Å². The number of nitrogens with zero attached hydrogens (tertiary/aromatic N) is 3. The largest absolute Gasteiger partial charge is 0.295 e. The third-order valence-electron chi connectivity index (χ3n) is 2.66. The lowest BCUT2D eigenvalue weighted by Crippen LogP contribution is -2.22. The molecule has 19 heavy (non-hydrogen) atoms. The molecule has 0 fully saturated rings. The molecule has 1 N–H and O–H groups in total. The van der Waals surface area contributed by atoms with E-state index in [-0.39, 0.29) is 11.2 Å². The van der Waals surface area contributed by atoms with Crippen LogP contribution in [0, 0.1) is 14.9 Å². The second-order valence-corrected chi connectivity index (χ2v) is 5.55. The molecule has 1 aromatic heterocycles. The molecule has 0 saturated heterocycles. The average Bonchev–Trinajstić information content (AvgIpc) is 2.71. The molecule has 1 heterocycles. The zero-order chi connectivity index (χ0) is 14.2. The minimum absolute atomic E-state index is 0.0341. The Hall–Kier alpha value is -2.02. The van der Waals surface area contributed by atoms with Gasteiger partial charge in [0.15, 0.2) is 10.6 Å². The first-order valence-corrected chi connectivity index (χ1v) is 6.14. The topological polar surface area (TPSA) is 76.8 Å². The Morgan fingerprint density at radius 3 is 2.68 bits per heavy atom. The summed E-state index contributed by atoms with van der Waals surface area (Å²) in [6.07, 6.45) is 0. The first-order chi connectivity index (χ1) is 8.80. The lowest BCUT2D eigenvalue weighted by molar-refractivity contribution is -0.384. The van der Waals surface area contributed by atoms with Crippen LogP contribution in [0.5, 0.6) is 0 Å². The van der Waals surface area contributed by atoms with Crippen molar-refractivity contribution in [2.45, 2.75) is 26.3 Å². The van der Waals surface area contributed by atoms with Gasteiger partial charge < -0.3 is 0 Å². The molecule has 0 aliphatic heterocycles. The average molecular weight is 278 g/mol. The van der Waals surface area contributed by atoms with E-state index in [1.807, 2.05) is 25.3 Å². The predicted octanol–water partition coefficient (Wildman–Crippen LogP) is 3.27. The van der Waals surface area contributed by atoms with E-state index in [1.54, 1.807) is 12.1 Å². The number of aromatic nitrogens is 3. The number of benzene rings is 1. The van der Waals surface area contributed by atoms with Crippen LogP contribution in [-0.4, -0.2) is 19.7 Å². The van der Waals surface area contributed by atoms with E-state index in [9.17, 15) is 10.1 Å². The summed E-state index contributed by atoms with van der Waals surface area (Å²) in [5.41, 5.74) is 0.438. The Morgan fingerprint density at radius 1 is 1.42 bits per heavy atom. The quantitative estimate of drug-likeness (QED) is 0.519. The van der Waals surface area contributed by atoms with Crippen molar-refractivity contribution in [1.82, 2.24) is 14.8 Å². The van der Waals surface area contributed by atoms with E-state index in [0.29, 0.717) is 16.2 Å². The summed E-state index contributed by atoms with van der Waals surface area (Å²) in [7, 11) is 0. The highest BCUT2D eigenvalue weighted by atomic mass is 32.1. The minimum Gasteiger partial charge on any atom is -0.295 e. The minimum atomic E-state index is -0.424. The van der Waals surface area contributed by atoms with Gasteiger partial charge in [0, 0.05) is 23.2 Å². The van der Waals surface area contributed by atoms with E-state index >= 15 is 0 Å². The molecular weight excluding hydrogens is 264 g/mol. The highest BCUT2D eigenvalue weighted by molar-refractivity contribution is 7.71. The third kappa shape index (κ3) is 2.55. The van der Waals surface area contributed by atoms with Gasteiger partial charge in [-0.25, -0.2) is 0 Å². The molecule has 6 nitrogen and oxygen atoms in total. The monoisotopic (exact) mass is 278 g/mol. The van der Waals surface area contributed by atoms with Gasteiger partial charge in [-0.1, -0.05) is 12.1 Å². The van der Waals surface area contributed by atoms with Crippen molar-refractivity contribution < 1.29 is 4.92 Å². The fourth-order valence-corrected chi connectivity index (χ4v) is 2.28. The molecule has 1 aromatic carbocycles. The van der Waals surface area contributed by atoms with Crippen LogP contribution >= 0.6 is 12.2 Å². The maximum Gasteiger partial charge on any atom is 0.270 e. The van der Waals surface area contributed by atoms with Gasteiger partial charge in [-0.05, 0) is 33.0 Å². The molecule has 0 aliphatic rings. The Labute approximate surface area is 115 Å². The van der Waals surface area contributed by atoms with E-state index < -0.39 is 4.92 Å². The van der Waals surface area contributed by atoms with Gasteiger partial charge in [-0.3, -0.25) is 19.8 Å². The smallest absolute Gasteiger partial charge is 0.270 e. The summed E-state index contributed by atoms with van der Waals surface area (Å²) >= 11 is 5.22. The van der Waals surface area contributed by atoms with Crippen LogP contribution < -0.4 is 0 Å². The maximum absolute atomic E-state index is 10.8. The molecule has 0 spiro atoms. The number of hydrogen-bond donors (Lipinski definition) is 1. The van der Waals surface area contributed by atoms with E-state index in [0.717, 1.165) is 0 Å². The number of nitro groups is 1. The van der Waals surface area contributed by atoms with Gasteiger partial charge in [0.25, 0.3) is 5.69 Å². The lowest BCUT2D eigenvalue weighted by atomic mass is 10.1. The molecule has 100 valence electrons. The van der Waals surface area contributed by atoms with Crippen LogP contribution in [0.25, 0.3) is 11.4 Å². The van der Waals surface area contributed by atoms with Gasteiger partial charge in [-0.2, -0.15) is 5.10 Å². The number of rotatable bonds is 2. The Bertz CT molecular complexity index is 682. The molecule has 0 saturated carbocycles. The van der Waals surface area contributed by atoms with Gasteiger partial charge in [0.1, 0.15) is 0 Å². The molecule has 7 heteroatoms. The summed E-state index contributed by atoms with van der Waals surface area (Å²) in [6, 6.07) is 6.36. The number of nitro benzene ring substituents is 1. The standard InChI is InChI=1S/C12H14N4O2S/c1-12(2,3)15-10(13-14-11(15)19)8-5-4-6-9(7-8)16(17)18/h4-7H,1-3H3,(H,14,19). The van der Waals surface area contributed by atoms with Crippen molar-refractivity contribution >= 4 is 17.9 Å². The molecule has 0 unspecified atom stereocenters. The summed E-state index contributed by atoms with van der Waals surface area (Å²) in [4.78, 5) is 10.4. The molecule has 0 aliphatic carbocycles. The van der Waals surface area contributed by atoms with Gasteiger partial charge >= 0.3 is 0 Å². The summed E-state index contributed by atoms with van der Waals surface area (Å²) < 4.78 is 2.34. The van der Waals surface area contributed by atoms with E-state index in [1.165, 1.54) is 12.1 Å². The summed E-state index contributed by atoms with van der Waals surface area (Å²) in [5, 5.41) is 17.7. The van der Waals surface area contributed by atoms with E-state index in [2.05, 4.69) is 10.2 Å².